The van der Waals surface area contributed by atoms with Crippen LogP contribution in [0.3, 0.4) is 0 Å². The molecule has 0 bridgehead atoms. The molecule has 0 unspecified atom stereocenters. The summed E-state index contributed by atoms with van der Waals surface area (Å²) in [6.07, 6.45) is 4.05. The SMILES string of the molecule is CN=C(NCCNC(=O)c1cccnc1)NCCc1ccc(Cl)cc1. The second-order valence-corrected chi connectivity index (χ2v) is 5.74. The molecule has 0 atom stereocenters. The summed E-state index contributed by atoms with van der Waals surface area (Å²) in [6.45, 7) is 1.82. The molecule has 2 aromatic rings. The molecule has 25 heavy (non-hydrogen) atoms. The van der Waals surface area contributed by atoms with Crippen molar-refractivity contribution in [3.8, 4) is 0 Å². The largest absolute Gasteiger partial charge is 0.356 e. The van der Waals surface area contributed by atoms with Crippen molar-refractivity contribution in [2.75, 3.05) is 26.7 Å². The third-order valence-corrected chi connectivity index (χ3v) is 3.72. The number of aromatic nitrogens is 1. The Morgan fingerprint density at radius 3 is 2.48 bits per heavy atom. The summed E-state index contributed by atoms with van der Waals surface area (Å²) < 4.78 is 0. The van der Waals surface area contributed by atoms with Crippen LogP contribution in [-0.4, -0.2) is 43.5 Å². The summed E-state index contributed by atoms with van der Waals surface area (Å²) in [5.74, 6) is 0.560. The highest BCUT2D eigenvalue weighted by Crippen LogP contribution is 2.09. The lowest BCUT2D eigenvalue weighted by Gasteiger charge is -2.12. The van der Waals surface area contributed by atoms with Gasteiger partial charge in [0, 0.05) is 44.1 Å². The monoisotopic (exact) mass is 359 g/mol. The Hall–Kier alpha value is -2.60. The quantitative estimate of drug-likeness (QED) is 0.400. The minimum atomic E-state index is -0.138. The number of halogens is 1. The highest BCUT2D eigenvalue weighted by molar-refractivity contribution is 6.30. The standard InChI is InChI=1S/C18H22ClN5O/c1-20-18(23-10-8-14-4-6-16(19)7-5-14)24-12-11-22-17(25)15-3-2-9-21-13-15/h2-7,9,13H,8,10-12H2,1H3,(H,22,25)(H2,20,23,24). The van der Waals surface area contributed by atoms with Gasteiger partial charge in [-0.25, -0.2) is 0 Å². The van der Waals surface area contributed by atoms with E-state index >= 15 is 0 Å². The number of pyridine rings is 1. The fourth-order valence-corrected chi connectivity index (χ4v) is 2.28. The van der Waals surface area contributed by atoms with Crippen LogP contribution in [0.5, 0.6) is 0 Å². The zero-order valence-corrected chi connectivity index (χ0v) is 14.9. The van der Waals surface area contributed by atoms with E-state index in [1.165, 1.54) is 5.56 Å². The third-order valence-electron chi connectivity index (χ3n) is 3.47. The molecule has 3 N–H and O–H groups in total. The number of carbonyl (C=O) groups excluding carboxylic acids is 1. The summed E-state index contributed by atoms with van der Waals surface area (Å²) in [5, 5.41) is 9.96. The van der Waals surface area contributed by atoms with Crippen LogP contribution in [0.1, 0.15) is 15.9 Å². The van der Waals surface area contributed by atoms with Crippen molar-refractivity contribution >= 4 is 23.5 Å². The predicted octanol–water partition coefficient (Wildman–Crippen LogP) is 1.87. The molecular formula is C18H22ClN5O. The van der Waals surface area contributed by atoms with Gasteiger partial charge in [0.05, 0.1) is 5.56 Å². The summed E-state index contributed by atoms with van der Waals surface area (Å²) in [6, 6.07) is 11.2. The first-order valence-corrected chi connectivity index (χ1v) is 8.44. The molecule has 0 saturated carbocycles. The number of guanidine groups is 1. The molecule has 7 heteroatoms. The van der Waals surface area contributed by atoms with Gasteiger partial charge in [0.1, 0.15) is 0 Å². The molecule has 0 fully saturated rings. The average molecular weight is 360 g/mol. The fourth-order valence-electron chi connectivity index (χ4n) is 2.15. The Morgan fingerprint density at radius 1 is 1.08 bits per heavy atom. The molecule has 0 aliphatic carbocycles. The van der Waals surface area contributed by atoms with Gasteiger partial charge in [0.25, 0.3) is 5.91 Å². The molecule has 0 saturated heterocycles. The van der Waals surface area contributed by atoms with E-state index in [0.717, 1.165) is 18.0 Å². The lowest BCUT2D eigenvalue weighted by Crippen LogP contribution is -2.42. The van der Waals surface area contributed by atoms with Gasteiger partial charge in [0.2, 0.25) is 0 Å². The van der Waals surface area contributed by atoms with Crippen LogP contribution in [-0.2, 0) is 6.42 Å². The summed E-state index contributed by atoms with van der Waals surface area (Å²) in [5.41, 5.74) is 1.75. The van der Waals surface area contributed by atoms with E-state index in [9.17, 15) is 4.79 Å². The first kappa shape index (κ1) is 18.7. The molecule has 0 aliphatic heterocycles. The van der Waals surface area contributed by atoms with Crippen molar-refractivity contribution in [1.82, 2.24) is 20.9 Å². The number of rotatable bonds is 7. The molecule has 1 heterocycles. The van der Waals surface area contributed by atoms with Crippen LogP contribution in [0.25, 0.3) is 0 Å². The summed E-state index contributed by atoms with van der Waals surface area (Å²) in [4.78, 5) is 20.0. The highest BCUT2D eigenvalue weighted by Gasteiger charge is 2.04. The van der Waals surface area contributed by atoms with Gasteiger partial charge in [0.15, 0.2) is 5.96 Å². The van der Waals surface area contributed by atoms with Gasteiger partial charge >= 0.3 is 0 Å². The van der Waals surface area contributed by atoms with Crippen LogP contribution in [0, 0.1) is 0 Å². The lowest BCUT2D eigenvalue weighted by molar-refractivity contribution is 0.0954. The van der Waals surface area contributed by atoms with Gasteiger partial charge in [-0.15, -0.1) is 0 Å². The Balaban J connectivity index is 1.63. The van der Waals surface area contributed by atoms with E-state index in [1.54, 1.807) is 31.6 Å². The van der Waals surface area contributed by atoms with Gasteiger partial charge in [-0.2, -0.15) is 0 Å². The molecule has 1 aromatic carbocycles. The van der Waals surface area contributed by atoms with E-state index in [0.29, 0.717) is 24.6 Å². The molecule has 0 radical (unpaired) electrons. The van der Waals surface area contributed by atoms with Gasteiger partial charge in [-0.3, -0.25) is 14.8 Å². The van der Waals surface area contributed by atoms with Crippen LogP contribution in [0.2, 0.25) is 5.02 Å². The zero-order chi connectivity index (χ0) is 17.9. The maximum absolute atomic E-state index is 11.9. The summed E-state index contributed by atoms with van der Waals surface area (Å²) in [7, 11) is 1.71. The molecular weight excluding hydrogens is 338 g/mol. The van der Waals surface area contributed by atoms with E-state index in [1.807, 2.05) is 24.3 Å². The van der Waals surface area contributed by atoms with Crippen molar-refractivity contribution in [2.24, 2.45) is 4.99 Å². The number of aliphatic imine (C=N–C) groups is 1. The van der Waals surface area contributed by atoms with E-state index in [-0.39, 0.29) is 5.91 Å². The number of hydrogen-bond donors (Lipinski definition) is 3. The van der Waals surface area contributed by atoms with E-state index in [2.05, 4.69) is 25.9 Å². The molecule has 2 rings (SSSR count). The van der Waals surface area contributed by atoms with Gasteiger partial charge in [-0.05, 0) is 36.2 Å². The molecule has 1 amide bonds. The molecule has 132 valence electrons. The van der Waals surface area contributed by atoms with Crippen LogP contribution in [0.15, 0.2) is 53.8 Å². The summed E-state index contributed by atoms with van der Waals surface area (Å²) >= 11 is 5.87. The first-order valence-electron chi connectivity index (χ1n) is 8.06. The molecule has 6 nitrogen and oxygen atoms in total. The number of benzene rings is 1. The third kappa shape index (κ3) is 6.81. The van der Waals surface area contributed by atoms with Crippen molar-refractivity contribution in [2.45, 2.75) is 6.42 Å². The first-order chi connectivity index (χ1) is 12.2. The zero-order valence-electron chi connectivity index (χ0n) is 14.1. The number of amides is 1. The Labute approximate surface area is 152 Å². The number of nitrogens with one attached hydrogen (secondary N) is 3. The minimum absolute atomic E-state index is 0.138. The Kier molecular flexibility index (Phi) is 7.72. The van der Waals surface area contributed by atoms with Crippen LogP contribution < -0.4 is 16.0 Å². The van der Waals surface area contributed by atoms with Crippen LogP contribution >= 0.6 is 11.6 Å². The maximum atomic E-state index is 11.9. The lowest BCUT2D eigenvalue weighted by atomic mass is 10.1. The number of nitrogens with zero attached hydrogens (tertiary/aromatic N) is 2. The van der Waals surface area contributed by atoms with Crippen LogP contribution in [0.4, 0.5) is 0 Å². The Morgan fingerprint density at radius 2 is 1.80 bits per heavy atom. The van der Waals surface area contributed by atoms with E-state index < -0.39 is 0 Å². The van der Waals surface area contributed by atoms with Gasteiger partial charge < -0.3 is 16.0 Å². The number of carbonyl (C=O) groups is 1. The normalized spacial score (nSPS) is 11.0. The smallest absolute Gasteiger partial charge is 0.252 e. The number of hydrogen-bond acceptors (Lipinski definition) is 3. The van der Waals surface area contributed by atoms with Crippen molar-refractivity contribution in [1.29, 1.82) is 0 Å². The van der Waals surface area contributed by atoms with Gasteiger partial charge in [-0.1, -0.05) is 23.7 Å². The second kappa shape index (κ2) is 10.3. The average Bonchev–Trinajstić information content (AvgIpc) is 2.65. The maximum Gasteiger partial charge on any atom is 0.252 e. The Bertz CT molecular complexity index is 688. The fraction of sp³-hybridized carbons (Fsp3) is 0.278. The second-order valence-electron chi connectivity index (χ2n) is 5.30. The molecule has 0 aliphatic rings. The molecule has 1 aromatic heterocycles. The highest BCUT2D eigenvalue weighted by atomic mass is 35.5. The minimum Gasteiger partial charge on any atom is -0.356 e. The van der Waals surface area contributed by atoms with Crippen molar-refractivity contribution in [3.63, 3.8) is 0 Å². The molecule has 0 spiro atoms. The van der Waals surface area contributed by atoms with Crippen molar-refractivity contribution in [3.05, 3.63) is 64.9 Å². The topological polar surface area (TPSA) is 78.4 Å². The predicted molar refractivity (Wildman–Crippen MR) is 101 cm³/mol. The van der Waals surface area contributed by atoms with Crippen molar-refractivity contribution < 1.29 is 4.79 Å². The van der Waals surface area contributed by atoms with E-state index in [4.69, 9.17) is 11.6 Å².